The number of hydrogen-bond donors (Lipinski definition) is 4. The average Bonchev–Trinajstić information content (AvgIpc) is 3.01. The Morgan fingerprint density at radius 1 is 1.38 bits per heavy atom. The van der Waals surface area contributed by atoms with Gasteiger partial charge in [0.15, 0.2) is 5.60 Å². The number of urea groups is 1. The molecule has 1 unspecified atom stereocenters. The number of anilines is 1. The molecule has 0 bridgehead atoms. The van der Waals surface area contributed by atoms with Gasteiger partial charge in [-0.2, -0.15) is 0 Å². The second kappa shape index (κ2) is 7.72. The largest absolute Gasteiger partial charge is 0.488 e. The molecule has 1 atom stereocenters. The number of carbonyl (C=O) groups excluding carboxylic acids is 1. The number of carbonyl (C=O) groups is 2. The van der Waals surface area contributed by atoms with Crippen molar-refractivity contribution < 1.29 is 24.5 Å². The van der Waals surface area contributed by atoms with Crippen LogP contribution in [-0.4, -0.2) is 40.5 Å². The van der Waals surface area contributed by atoms with E-state index in [2.05, 4.69) is 10.6 Å². The number of benzene rings is 1. The van der Waals surface area contributed by atoms with Crippen LogP contribution in [0.25, 0.3) is 0 Å². The van der Waals surface area contributed by atoms with Gasteiger partial charge in [0.25, 0.3) is 0 Å². The monoisotopic (exact) mass is 356 g/mol. The maximum absolute atomic E-state index is 12.0. The third kappa shape index (κ3) is 5.01. The van der Waals surface area contributed by atoms with Crippen LogP contribution in [0.1, 0.15) is 32.6 Å². The summed E-state index contributed by atoms with van der Waals surface area (Å²) in [5, 5.41) is 23.8. The summed E-state index contributed by atoms with van der Waals surface area (Å²) in [4.78, 5) is 22.8. The van der Waals surface area contributed by atoms with Gasteiger partial charge in [-0.15, -0.1) is 0 Å². The highest BCUT2D eigenvalue weighted by Crippen LogP contribution is 2.32. The maximum Gasteiger partial charge on any atom is 0.337 e. The van der Waals surface area contributed by atoms with Gasteiger partial charge in [-0.25, -0.2) is 9.59 Å². The first-order valence-electron chi connectivity index (χ1n) is 7.75. The number of ether oxygens (including phenoxy) is 1. The van der Waals surface area contributed by atoms with Crippen molar-refractivity contribution in [3.63, 3.8) is 0 Å². The van der Waals surface area contributed by atoms with E-state index in [9.17, 15) is 14.7 Å². The van der Waals surface area contributed by atoms with Gasteiger partial charge in [0.1, 0.15) is 5.75 Å². The third-order valence-electron chi connectivity index (χ3n) is 3.84. The Morgan fingerprint density at radius 2 is 2.04 bits per heavy atom. The van der Waals surface area contributed by atoms with Crippen molar-refractivity contribution in [2.75, 3.05) is 11.9 Å². The number of halogens is 1. The predicted molar refractivity (Wildman–Crippen MR) is 89.6 cm³/mol. The molecular formula is C16H21ClN2O5. The Morgan fingerprint density at radius 3 is 2.67 bits per heavy atom. The number of aliphatic hydroxyl groups is 1. The zero-order chi connectivity index (χ0) is 17.7. The van der Waals surface area contributed by atoms with Crippen LogP contribution in [-0.2, 0) is 4.79 Å². The Balaban J connectivity index is 2.00. The molecule has 1 aliphatic rings. The van der Waals surface area contributed by atoms with Crippen LogP contribution in [0.2, 0.25) is 5.02 Å². The molecule has 1 aliphatic carbocycles. The summed E-state index contributed by atoms with van der Waals surface area (Å²) in [6, 6.07) is 4.25. The number of hydrogen-bond acceptors (Lipinski definition) is 4. The lowest BCUT2D eigenvalue weighted by Crippen LogP contribution is -2.47. The Kier molecular flexibility index (Phi) is 5.90. The summed E-state index contributed by atoms with van der Waals surface area (Å²) < 4.78 is 5.90. The number of carboxylic acid groups (broad SMARTS) is 1. The van der Waals surface area contributed by atoms with Gasteiger partial charge in [-0.3, -0.25) is 0 Å². The number of nitrogens with one attached hydrogen (secondary N) is 2. The van der Waals surface area contributed by atoms with Gasteiger partial charge < -0.3 is 25.6 Å². The van der Waals surface area contributed by atoms with Crippen LogP contribution >= 0.6 is 11.6 Å². The zero-order valence-corrected chi connectivity index (χ0v) is 14.1. The van der Waals surface area contributed by atoms with E-state index in [1.165, 1.54) is 0 Å². The molecule has 0 aromatic heterocycles. The SMILES string of the molecule is CC(O)(CNC(=O)Nc1cc(Cl)ccc1OC1CCCC1)C(=O)O. The second-order valence-electron chi connectivity index (χ2n) is 6.05. The smallest absolute Gasteiger partial charge is 0.337 e. The van der Waals surface area contributed by atoms with E-state index in [-0.39, 0.29) is 6.10 Å². The first-order chi connectivity index (χ1) is 11.3. The molecule has 0 aliphatic heterocycles. The van der Waals surface area contributed by atoms with Crippen LogP contribution in [0, 0.1) is 0 Å². The fourth-order valence-electron chi connectivity index (χ4n) is 2.38. The van der Waals surface area contributed by atoms with E-state index in [1.54, 1.807) is 18.2 Å². The van der Waals surface area contributed by atoms with Crippen molar-refractivity contribution in [1.82, 2.24) is 5.32 Å². The van der Waals surface area contributed by atoms with Crippen molar-refractivity contribution in [3.05, 3.63) is 23.2 Å². The van der Waals surface area contributed by atoms with E-state index < -0.39 is 24.1 Å². The van der Waals surface area contributed by atoms with Crippen LogP contribution < -0.4 is 15.4 Å². The van der Waals surface area contributed by atoms with Gasteiger partial charge in [0, 0.05) is 5.02 Å². The Hall–Kier alpha value is -1.99. The van der Waals surface area contributed by atoms with Gasteiger partial charge in [0.05, 0.1) is 18.3 Å². The molecule has 24 heavy (non-hydrogen) atoms. The lowest BCUT2D eigenvalue weighted by Gasteiger charge is -2.20. The quantitative estimate of drug-likeness (QED) is 0.626. The van der Waals surface area contributed by atoms with Crippen molar-refractivity contribution >= 4 is 29.3 Å². The van der Waals surface area contributed by atoms with Gasteiger partial charge in [0.2, 0.25) is 0 Å². The molecule has 1 aromatic carbocycles. The molecule has 1 aromatic rings. The fraction of sp³-hybridized carbons (Fsp3) is 0.500. The van der Waals surface area contributed by atoms with Gasteiger partial charge in [-0.05, 0) is 50.8 Å². The summed E-state index contributed by atoms with van der Waals surface area (Å²) in [5.41, 5.74) is -1.66. The molecule has 7 nitrogen and oxygen atoms in total. The normalized spacial score (nSPS) is 17.1. The molecule has 132 valence electrons. The predicted octanol–water partition coefficient (Wildman–Crippen LogP) is 2.62. The van der Waals surface area contributed by atoms with E-state index in [0.717, 1.165) is 32.6 Å². The van der Waals surface area contributed by atoms with E-state index >= 15 is 0 Å². The van der Waals surface area contributed by atoms with Crippen molar-refractivity contribution in [2.45, 2.75) is 44.3 Å². The van der Waals surface area contributed by atoms with Crippen molar-refractivity contribution in [2.24, 2.45) is 0 Å². The summed E-state index contributed by atoms with van der Waals surface area (Å²) in [6.07, 6.45) is 4.28. The lowest BCUT2D eigenvalue weighted by atomic mass is 10.1. The highest BCUT2D eigenvalue weighted by Gasteiger charge is 2.30. The molecule has 1 fully saturated rings. The molecule has 0 heterocycles. The molecule has 1 saturated carbocycles. The molecular weight excluding hydrogens is 336 g/mol. The molecule has 2 rings (SSSR count). The topological polar surface area (TPSA) is 108 Å². The van der Waals surface area contributed by atoms with Crippen LogP contribution in [0.15, 0.2) is 18.2 Å². The lowest BCUT2D eigenvalue weighted by molar-refractivity contribution is -0.155. The van der Waals surface area contributed by atoms with Crippen molar-refractivity contribution in [1.29, 1.82) is 0 Å². The molecule has 2 amide bonds. The Bertz CT molecular complexity index is 614. The minimum atomic E-state index is -2.05. The number of aliphatic carboxylic acids is 1. The highest BCUT2D eigenvalue weighted by molar-refractivity contribution is 6.31. The van der Waals surface area contributed by atoms with Crippen molar-refractivity contribution in [3.8, 4) is 5.75 Å². The van der Waals surface area contributed by atoms with Crippen LogP contribution in [0.3, 0.4) is 0 Å². The number of amides is 2. The fourth-order valence-corrected chi connectivity index (χ4v) is 2.56. The van der Waals surface area contributed by atoms with E-state index in [1.807, 2.05) is 0 Å². The summed E-state index contributed by atoms with van der Waals surface area (Å²) in [7, 11) is 0. The number of carboxylic acids is 1. The minimum Gasteiger partial charge on any atom is -0.488 e. The molecule has 0 spiro atoms. The summed E-state index contributed by atoms with van der Waals surface area (Å²) in [5.74, 6) is -0.915. The van der Waals surface area contributed by atoms with Gasteiger partial charge in [-0.1, -0.05) is 11.6 Å². The second-order valence-corrected chi connectivity index (χ2v) is 6.49. The van der Waals surface area contributed by atoms with Crippen LogP contribution in [0.4, 0.5) is 10.5 Å². The zero-order valence-electron chi connectivity index (χ0n) is 13.3. The average molecular weight is 357 g/mol. The maximum atomic E-state index is 12.0. The Labute approximate surface area is 145 Å². The molecule has 4 N–H and O–H groups in total. The molecule has 0 radical (unpaired) electrons. The number of rotatable bonds is 6. The summed E-state index contributed by atoms with van der Waals surface area (Å²) >= 11 is 5.96. The standard InChI is InChI=1S/C16H21ClN2O5/c1-16(23,14(20)21)9-18-15(22)19-12-8-10(17)6-7-13(12)24-11-4-2-3-5-11/h6-8,11,23H,2-5,9H2,1H3,(H,20,21)(H2,18,19,22). The molecule has 8 heteroatoms. The van der Waals surface area contributed by atoms with E-state index in [0.29, 0.717) is 16.5 Å². The minimum absolute atomic E-state index is 0.113. The summed E-state index contributed by atoms with van der Waals surface area (Å²) in [6.45, 7) is 0.664. The van der Waals surface area contributed by atoms with E-state index in [4.69, 9.17) is 21.4 Å². The first-order valence-corrected chi connectivity index (χ1v) is 8.12. The highest BCUT2D eigenvalue weighted by atomic mass is 35.5. The van der Waals surface area contributed by atoms with Gasteiger partial charge >= 0.3 is 12.0 Å². The third-order valence-corrected chi connectivity index (χ3v) is 4.07. The first kappa shape index (κ1) is 18.4. The molecule has 0 saturated heterocycles. The van der Waals surface area contributed by atoms with Crippen LogP contribution in [0.5, 0.6) is 5.75 Å².